The number of fused-ring (bicyclic) bond motifs is 1. The molecular formula is C24H37FN7O19P3S. The highest BCUT2D eigenvalue weighted by atomic mass is 32.2. The molecule has 1 aliphatic rings. The number of nitrogens with one attached hydrogen (secondary N) is 2. The number of thioether (sulfide) groups is 1. The fourth-order valence-electron chi connectivity index (χ4n) is 4.46. The van der Waals surface area contributed by atoms with E-state index in [1.54, 1.807) is 0 Å². The number of hydrogen-bond donors (Lipinski definition) is 10. The van der Waals surface area contributed by atoms with Crippen molar-refractivity contribution < 1.29 is 94.8 Å². The Morgan fingerprint density at radius 1 is 1.07 bits per heavy atom. The van der Waals surface area contributed by atoms with E-state index in [2.05, 4.69) is 34.4 Å². The van der Waals surface area contributed by atoms with Gasteiger partial charge in [-0.2, -0.15) is 4.31 Å². The second kappa shape index (κ2) is 18.9. The number of phosphoric ester groups is 3. The molecule has 2 amide bonds. The van der Waals surface area contributed by atoms with Crippen molar-refractivity contribution in [1.29, 1.82) is 0 Å². The van der Waals surface area contributed by atoms with Crippen LogP contribution < -0.4 is 16.4 Å². The van der Waals surface area contributed by atoms with Gasteiger partial charge in [0.1, 0.15) is 36.3 Å². The van der Waals surface area contributed by atoms with Gasteiger partial charge in [-0.15, -0.1) is 0 Å². The van der Waals surface area contributed by atoms with Crippen LogP contribution in [0.4, 0.5) is 10.2 Å². The summed E-state index contributed by atoms with van der Waals surface area (Å²) in [6.07, 6.45) is -10.0. The third-order valence-electron chi connectivity index (χ3n) is 7.17. The number of hydrogen-bond acceptors (Lipinski definition) is 19. The third-order valence-corrected chi connectivity index (χ3v) is 11.2. The Labute approximate surface area is 312 Å². The molecule has 3 rings (SSSR count). The molecule has 0 radical (unpaired) electrons. The van der Waals surface area contributed by atoms with Gasteiger partial charge in [-0.05, 0) is 0 Å². The van der Waals surface area contributed by atoms with Crippen LogP contribution >= 0.6 is 35.2 Å². The number of nitrogen functional groups attached to an aromatic ring is 1. The second-order valence-electron chi connectivity index (χ2n) is 11.9. The molecule has 3 heterocycles. The van der Waals surface area contributed by atoms with Gasteiger partial charge < -0.3 is 56.0 Å². The maximum atomic E-state index is 13.1. The van der Waals surface area contributed by atoms with E-state index in [9.17, 15) is 67.1 Å². The molecule has 8 atom stereocenters. The van der Waals surface area contributed by atoms with Crippen LogP contribution in [0.15, 0.2) is 12.7 Å². The fourth-order valence-corrected chi connectivity index (χ4v) is 7.94. The molecule has 0 aliphatic carbocycles. The van der Waals surface area contributed by atoms with Crippen molar-refractivity contribution in [3.63, 3.8) is 0 Å². The number of phosphoric acid groups is 3. The van der Waals surface area contributed by atoms with E-state index in [-0.39, 0.29) is 42.2 Å². The number of alkyl halides is 1. The van der Waals surface area contributed by atoms with Gasteiger partial charge in [-0.1, -0.05) is 25.6 Å². The number of anilines is 1. The lowest BCUT2D eigenvalue weighted by Gasteiger charge is -2.30. The zero-order valence-electron chi connectivity index (χ0n) is 28.4. The first-order valence-corrected chi connectivity index (χ1v) is 20.8. The van der Waals surface area contributed by atoms with Gasteiger partial charge in [0, 0.05) is 30.7 Å². The van der Waals surface area contributed by atoms with E-state index in [1.807, 2.05) is 0 Å². The molecule has 1 aliphatic heterocycles. The Kier molecular flexibility index (Phi) is 16.0. The lowest BCUT2D eigenvalue weighted by atomic mass is 9.87. The predicted molar refractivity (Wildman–Crippen MR) is 180 cm³/mol. The summed E-state index contributed by atoms with van der Waals surface area (Å²) in [6.45, 7) is -0.199. The Hall–Kier alpha value is -3.04. The molecule has 26 nitrogen and oxygen atoms in total. The molecule has 0 spiro atoms. The summed E-state index contributed by atoms with van der Waals surface area (Å²) in [5, 5.41) is 33.1. The van der Waals surface area contributed by atoms with Crippen LogP contribution in [0.1, 0.15) is 26.5 Å². The summed E-state index contributed by atoms with van der Waals surface area (Å²) in [6, 6.07) is 0. The molecule has 2 aromatic rings. The van der Waals surface area contributed by atoms with Gasteiger partial charge in [0.05, 0.1) is 19.5 Å². The maximum absolute atomic E-state index is 13.1. The summed E-state index contributed by atoms with van der Waals surface area (Å²) in [5.74, 6) is -3.85. The van der Waals surface area contributed by atoms with Crippen molar-refractivity contribution in [2.24, 2.45) is 5.41 Å². The molecule has 0 bridgehead atoms. The number of imidazole rings is 1. The minimum absolute atomic E-state index is 0.00942. The first-order valence-electron chi connectivity index (χ1n) is 15.3. The van der Waals surface area contributed by atoms with E-state index in [0.717, 1.165) is 17.2 Å². The molecule has 310 valence electrons. The molecule has 11 N–H and O–H groups in total. The quantitative estimate of drug-likeness (QED) is 0.0371. The highest BCUT2D eigenvalue weighted by Crippen LogP contribution is 2.61. The smallest absolute Gasteiger partial charge is 0.479 e. The van der Waals surface area contributed by atoms with Crippen molar-refractivity contribution >= 4 is 75.1 Å². The van der Waals surface area contributed by atoms with Gasteiger partial charge in [0.2, 0.25) is 16.9 Å². The van der Waals surface area contributed by atoms with Crippen LogP contribution in [0.3, 0.4) is 0 Å². The minimum Gasteiger partial charge on any atom is -0.479 e. The summed E-state index contributed by atoms with van der Waals surface area (Å²) < 4.78 is 74.8. The number of rotatable bonds is 21. The van der Waals surface area contributed by atoms with Crippen LogP contribution in [-0.4, -0.2) is 140 Å². The van der Waals surface area contributed by atoms with Gasteiger partial charge in [0.25, 0.3) is 6.17 Å². The largest absolute Gasteiger partial charge is 0.481 e. The summed E-state index contributed by atoms with van der Waals surface area (Å²) in [7, 11) is -16.5. The molecule has 1 saturated heterocycles. The van der Waals surface area contributed by atoms with E-state index >= 15 is 0 Å². The topological polar surface area (TPSA) is 401 Å². The van der Waals surface area contributed by atoms with Crippen LogP contribution in [0.25, 0.3) is 11.2 Å². The zero-order chi connectivity index (χ0) is 41.5. The highest BCUT2D eigenvalue weighted by Gasteiger charge is 2.50. The summed E-state index contributed by atoms with van der Waals surface area (Å²) in [5.41, 5.74) is 4.13. The predicted octanol–water partition coefficient (Wildman–Crippen LogP) is -1.91. The van der Waals surface area contributed by atoms with E-state index in [0.29, 0.717) is 11.8 Å². The van der Waals surface area contributed by atoms with Gasteiger partial charge in [-0.3, -0.25) is 32.5 Å². The first-order chi connectivity index (χ1) is 25.3. The number of carboxylic acid groups (broad SMARTS) is 1. The number of carboxylic acids is 1. The second-order valence-corrected chi connectivity index (χ2v) is 17.3. The Balaban J connectivity index is 1.50. The highest BCUT2D eigenvalue weighted by molar-refractivity contribution is 8.13. The number of amides is 2. The minimum atomic E-state index is -5.61. The first kappa shape index (κ1) is 46.3. The number of ether oxygens (including phenoxy) is 1. The molecule has 0 saturated carbocycles. The van der Waals surface area contributed by atoms with Crippen LogP contribution in [-0.2, 0) is 55.5 Å². The number of nitrogens with two attached hydrogens (primary N) is 1. The summed E-state index contributed by atoms with van der Waals surface area (Å²) >= 11 is 0.351. The van der Waals surface area contributed by atoms with Crippen molar-refractivity contribution in [3.8, 4) is 0 Å². The molecule has 1 fully saturated rings. The monoisotopic (exact) mass is 871 g/mol. The number of aromatic nitrogens is 4. The maximum Gasteiger partial charge on any atom is 0.481 e. The lowest BCUT2D eigenvalue weighted by Crippen LogP contribution is -2.46. The summed E-state index contributed by atoms with van der Waals surface area (Å²) in [4.78, 5) is 96.8. The molecule has 31 heteroatoms. The van der Waals surface area contributed by atoms with Crippen LogP contribution in [0.5, 0.6) is 0 Å². The van der Waals surface area contributed by atoms with Crippen molar-refractivity contribution in [2.45, 2.75) is 57.1 Å². The fraction of sp³-hybridized carbons (Fsp3) is 0.625. The Bertz CT molecular complexity index is 1870. The number of aliphatic carboxylic acids is 1. The van der Waals surface area contributed by atoms with E-state index in [1.165, 1.54) is 13.8 Å². The molecule has 2 aromatic heterocycles. The van der Waals surface area contributed by atoms with Crippen molar-refractivity contribution in [3.05, 3.63) is 12.7 Å². The van der Waals surface area contributed by atoms with Crippen molar-refractivity contribution in [2.75, 3.05) is 37.8 Å². The molecule has 0 aromatic carbocycles. The lowest BCUT2D eigenvalue weighted by molar-refractivity contribution is -0.145. The zero-order valence-corrected chi connectivity index (χ0v) is 31.9. The van der Waals surface area contributed by atoms with Gasteiger partial charge in [-0.25, -0.2) is 37.8 Å². The average Bonchev–Trinajstić information content (AvgIpc) is 3.64. The molecular weight excluding hydrogens is 834 g/mol. The molecule has 55 heavy (non-hydrogen) atoms. The average molecular weight is 872 g/mol. The van der Waals surface area contributed by atoms with E-state index in [4.69, 9.17) is 24.6 Å². The number of carbonyl (C=O) groups is 4. The number of carbonyl (C=O) groups excluding carboxylic acids is 3. The third kappa shape index (κ3) is 13.5. The number of halogens is 1. The molecule has 5 unspecified atom stereocenters. The van der Waals surface area contributed by atoms with Crippen LogP contribution in [0.2, 0.25) is 0 Å². The van der Waals surface area contributed by atoms with Crippen molar-refractivity contribution in [1.82, 2.24) is 30.2 Å². The number of nitrogens with zero attached hydrogens (tertiary/aromatic N) is 4. The number of aliphatic hydroxyl groups excluding tert-OH is 2. The van der Waals surface area contributed by atoms with Gasteiger partial charge >= 0.3 is 29.4 Å². The normalized spacial score (nSPS) is 22.3. The Morgan fingerprint density at radius 2 is 1.73 bits per heavy atom. The SMILES string of the molecule is CC(C)(COP(=O)(O)OP(=O)(O)OC[C@@H]1O[C@H](n2cnc3c(N)ncnc32)C(O)C1OP(=O)(O)O)[C@H](O)C(=O)NCCC(=O)NCCSC(=O)C(F)C(=O)O. The number of aliphatic hydroxyl groups is 2. The standard InChI is InChI=1S/C24H37FN7O19P3S/c1-24(2,17(35)20(36)28-4-3-12(33)27-5-6-55-23(39)13(25)22(37)38)8-48-54(45,46)51-53(43,44)47-7-11-16(50-52(40,41)42)15(34)21(49-11)32-10-31-14-18(26)29-9-30-19(14)32/h9-11,13,15-17,21,34-35H,3-8H2,1-2H3,(H,27,33)(H,28,36)(H,37,38)(H,43,44)(H,45,46)(H2,26,29,30)(H2,40,41,42)/t11-,13?,15?,16?,17+,21-/m0/s1. The Morgan fingerprint density at radius 3 is 2.36 bits per heavy atom. The van der Waals surface area contributed by atoms with E-state index < -0.39 is 102 Å². The van der Waals surface area contributed by atoms with Gasteiger partial charge in [0.15, 0.2) is 17.7 Å². The van der Waals surface area contributed by atoms with Crippen LogP contribution in [0, 0.1) is 5.41 Å².